The van der Waals surface area contributed by atoms with Crippen molar-refractivity contribution in [3.8, 4) is 22.9 Å². The molecule has 3 aromatic carbocycles. The van der Waals surface area contributed by atoms with Gasteiger partial charge in [0.2, 0.25) is 5.82 Å². The fourth-order valence-corrected chi connectivity index (χ4v) is 4.23. The van der Waals surface area contributed by atoms with Gasteiger partial charge in [-0.2, -0.15) is 5.21 Å². The van der Waals surface area contributed by atoms with E-state index in [1.54, 1.807) is 37.4 Å². The molecule has 0 fully saturated rings. The number of tetrazole rings is 1. The first-order valence-electron chi connectivity index (χ1n) is 10.8. The number of benzene rings is 3. The molecule has 35 heavy (non-hydrogen) atoms. The Morgan fingerprint density at radius 3 is 2.54 bits per heavy atom. The lowest BCUT2D eigenvalue weighted by Crippen LogP contribution is -2.17. The molecular weight excluding hydrogens is 466 g/mol. The molecule has 0 saturated heterocycles. The molecule has 0 aliphatic rings. The number of aldehydes is 1. The van der Waals surface area contributed by atoms with Gasteiger partial charge in [0.1, 0.15) is 11.5 Å². The molecule has 2 N–H and O–H groups in total. The lowest BCUT2D eigenvalue weighted by molar-refractivity contribution is -0.113. The van der Waals surface area contributed by atoms with Gasteiger partial charge in [0.15, 0.2) is 12.4 Å². The zero-order chi connectivity index (χ0) is 24.6. The van der Waals surface area contributed by atoms with E-state index in [9.17, 15) is 9.59 Å². The molecule has 1 unspecified atom stereocenters. The van der Waals surface area contributed by atoms with Crippen LogP contribution in [0, 0.1) is 0 Å². The second kappa shape index (κ2) is 11.3. The standard InChI is InChI=1S/C25H23N5O4S/c1-3-17(15-31)34-18-10-8-16(9-11-18)25(32)26-21-14-19(33-2)12-13-23(21)35-22-7-5-4-6-20(22)24-27-29-30-28-24/h4-15,17H,3H2,1-2H3,(H,26,32)(H,27,28,29,30). The highest BCUT2D eigenvalue weighted by molar-refractivity contribution is 7.99. The van der Waals surface area contributed by atoms with Gasteiger partial charge in [-0.1, -0.05) is 30.8 Å². The average molecular weight is 490 g/mol. The molecule has 0 spiro atoms. The Morgan fingerprint density at radius 1 is 1.09 bits per heavy atom. The Kier molecular flexibility index (Phi) is 7.74. The summed E-state index contributed by atoms with van der Waals surface area (Å²) in [6.45, 7) is 1.87. The first-order valence-corrected chi connectivity index (χ1v) is 11.6. The van der Waals surface area contributed by atoms with Gasteiger partial charge in [-0.25, -0.2) is 0 Å². The van der Waals surface area contributed by atoms with Crippen LogP contribution in [-0.2, 0) is 4.79 Å². The molecule has 10 heteroatoms. The Morgan fingerprint density at radius 2 is 1.86 bits per heavy atom. The molecule has 4 rings (SSSR count). The Bertz CT molecular complexity index is 1300. The number of H-pyrrole nitrogens is 1. The fraction of sp³-hybridized carbons (Fsp3) is 0.160. The van der Waals surface area contributed by atoms with E-state index >= 15 is 0 Å². The van der Waals surface area contributed by atoms with Crippen molar-refractivity contribution >= 4 is 29.6 Å². The van der Waals surface area contributed by atoms with Crippen molar-refractivity contribution in [1.29, 1.82) is 0 Å². The number of aromatic amines is 1. The normalized spacial score (nSPS) is 11.5. The molecular formula is C25H23N5O4S. The van der Waals surface area contributed by atoms with Crippen LogP contribution in [0.2, 0.25) is 0 Å². The molecule has 1 aromatic heterocycles. The highest BCUT2D eigenvalue weighted by Gasteiger charge is 2.15. The number of anilines is 1. The molecule has 1 atom stereocenters. The molecule has 178 valence electrons. The van der Waals surface area contributed by atoms with E-state index in [0.717, 1.165) is 21.6 Å². The minimum absolute atomic E-state index is 0.291. The summed E-state index contributed by atoms with van der Waals surface area (Å²) in [6, 6.07) is 19.8. The van der Waals surface area contributed by atoms with Crippen molar-refractivity contribution in [2.45, 2.75) is 29.2 Å². The number of aromatic nitrogens is 4. The predicted molar refractivity (Wildman–Crippen MR) is 132 cm³/mol. The lowest BCUT2D eigenvalue weighted by Gasteiger charge is -2.14. The van der Waals surface area contributed by atoms with E-state index in [4.69, 9.17) is 9.47 Å². The number of hydrogen-bond acceptors (Lipinski definition) is 8. The van der Waals surface area contributed by atoms with Crippen LogP contribution in [0.4, 0.5) is 5.69 Å². The molecule has 0 bridgehead atoms. The number of methoxy groups -OCH3 is 1. The van der Waals surface area contributed by atoms with Crippen molar-refractivity contribution in [2.75, 3.05) is 12.4 Å². The molecule has 0 radical (unpaired) electrons. The minimum Gasteiger partial charge on any atom is -0.497 e. The number of amides is 1. The highest BCUT2D eigenvalue weighted by Crippen LogP contribution is 2.39. The van der Waals surface area contributed by atoms with Gasteiger partial charge in [0.25, 0.3) is 5.91 Å². The van der Waals surface area contributed by atoms with Crippen LogP contribution in [0.1, 0.15) is 23.7 Å². The van der Waals surface area contributed by atoms with Gasteiger partial charge in [-0.05, 0) is 60.2 Å². The number of hydrogen-bond donors (Lipinski definition) is 2. The quantitative estimate of drug-likeness (QED) is 0.309. The number of carbonyl (C=O) groups excluding carboxylic acids is 2. The Balaban J connectivity index is 1.57. The van der Waals surface area contributed by atoms with Crippen molar-refractivity contribution in [1.82, 2.24) is 20.6 Å². The Hall–Kier alpha value is -4.18. The van der Waals surface area contributed by atoms with Gasteiger partial charge in [-0.15, -0.1) is 10.2 Å². The first kappa shape index (κ1) is 24.0. The zero-order valence-electron chi connectivity index (χ0n) is 19.1. The van der Waals surface area contributed by atoms with Gasteiger partial charge in [0.05, 0.1) is 12.8 Å². The summed E-state index contributed by atoms with van der Waals surface area (Å²) in [7, 11) is 1.57. The Labute approximate surface area is 206 Å². The third-order valence-corrected chi connectivity index (χ3v) is 6.24. The van der Waals surface area contributed by atoms with Gasteiger partial charge in [0, 0.05) is 27.0 Å². The van der Waals surface area contributed by atoms with Crippen molar-refractivity contribution < 1.29 is 19.1 Å². The van der Waals surface area contributed by atoms with Gasteiger partial charge in [-0.3, -0.25) is 9.59 Å². The van der Waals surface area contributed by atoms with Crippen LogP contribution >= 0.6 is 11.8 Å². The highest BCUT2D eigenvalue weighted by atomic mass is 32.2. The van der Waals surface area contributed by atoms with Crippen molar-refractivity contribution in [3.63, 3.8) is 0 Å². The summed E-state index contributed by atoms with van der Waals surface area (Å²) in [5, 5.41) is 17.3. The van der Waals surface area contributed by atoms with Gasteiger partial charge < -0.3 is 14.8 Å². The summed E-state index contributed by atoms with van der Waals surface area (Å²) in [5.74, 6) is 1.32. The fourth-order valence-electron chi connectivity index (χ4n) is 3.22. The van der Waals surface area contributed by atoms with Crippen LogP contribution in [0.15, 0.2) is 76.5 Å². The first-order chi connectivity index (χ1) is 17.1. The minimum atomic E-state index is -0.513. The summed E-state index contributed by atoms with van der Waals surface area (Å²) < 4.78 is 11.0. The number of carbonyl (C=O) groups is 2. The summed E-state index contributed by atoms with van der Waals surface area (Å²) >= 11 is 1.46. The maximum absolute atomic E-state index is 13.0. The molecule has 1 heterocycles. The van der Waals surface area contributed by atoms with Crippen molar-refractivity contribution in [3.05, 3.63) is 72.3 Å². The lowest BCUT2D eigenvalue weighted by atomic mass is 10.2. The number of nitrogens with one attached hydrogen (secondary N) is 2. The molecule has 0 aliphatic carbocycles. The third-order valence-electron chi connectivity index (χ3n) is 5.09. The number of ether oxygens (including phenoxy) is 2. The molecule has 0 aliphatic heterocycles. The van der Waals surface area contributed by atoms with Crippen LogP contribution in [0.3, 0.4) is 0 Å². The number of rotatable bonds is 10. The van der Waals surface area contributed by atoms with Crippen molar-refractivity contribution in [2.24, 2.45) is 0 Å². The van der Waals surface area contributed by atoms with E-state index in [0.29, 0.717) is 35.0 Å². The zero-order valence-corrected chi connectivity index (χ0v) is 19.9. The summed E-state index contributed by atoms with van der Waals surface area (Å²) in [5.41, 5.74) is 1.85. The predicted octanol–water partition coefficient (Wildman–Crippen LogP) is 4.64. The van der Waals surface area contributed by atoms with E-state index in [1.807, 2.05) is 43.3 Å². The van der Waals surface area contributed by atoms with Crippen LogP contribution in [0.5, 0.6) is 11.5 Å². The maximum Gasteiger partial charge on any atom is 0.255 e. The summed E-state index contributed by atoms with van der Waals surface area (Å²) in [4.78, 5) is 25.7. The van der Waals surface area contributed by atoms with E-state index in [-0.39, 0.29) is 5.91 Å². The molecule has 0 saturated carbocycles. The van der Waals surface area contributed by atoms with E-state index in [1.165, 1.54) is 11.8 Å². The largest absolute Gasteiger partial charge is 0.497 e. The topological polar surface area (TPSA) is 119 Å². The SMILES string of the molecule is CCC(C=O)Oc1ccc(C(=O)Nc2cc(OC)ccc2Sc2ccccc2-c2nn[nH]n2)cc1. The van der Waals surface area contributed by atoms with Crippen LogP contribution < -0.4 is 14.8 Å². The second-order valence-corrected chi connectivity index (χ2v) is 8.46. The van der Waals surface area contributed by atoms with Gasteiger partial charge >= 0.3 is 0 Å². The smallest absolute Gasteiger partial charge is 0.255 e. The second-order valence-electron chi connectivity index (χ2n) is 7.37. The maximum atomic E-state index is 13.0. The number of nitrogens with zero attached hydrogens (tertiary/aromatic N) is 3. The van der Waals surface area contributed by atoms with Crippen LogP contribution in [-0.4, -0.2) is 46.0 Å². The van der Waals surface area contributed by atoms with Crippen LogP contribution in [0.25, 0.3) is 11.4 Å². The third kappa shape index (κ3) is 5.85. The molecule has 9 nitrogen and oxygen atoms in total. The molecule has 1 amide bonds. The summed E-state index contributed by atoms with van der Waals surface area (Å²) in [6.07, 6.45) is 0.818. The van der Waals surface area contributed by atoms with E-state index in [2.05, 4.69) is 25.9 Å². The average Bonchev–Trinajstić information content (AvgIpc) is 3.44. The monoisotopic (exact) mass is 489 g/mol. The molecule has 4 aromatic rings. The van der Waals surface area contributed by atoms with E-state index < -0.39 is 6.10 Å².